The van der Waals surface area contributed by atoms with E-state index in [1.54, 1.807) is 115 Å². The van der Waals surface area contributed by atoms with Gasteiger partial charge in [-0.3, -0.25) is 78.6 Å². The van der Waals surface area contributed by atoms with Gasteiger partial charge in [0.25, 0.3) is 64.8 Å². The zero-order valence-electron chi connectivity index (χ0n) is 79.5. The second-order valence-electron chi connectivity index (χ2n) is 34.9. The molecule has 37 nitrogen and oxygen atoms in total. The zero-order valence-corrected chi connectivity index (χ0v) is 79.5. The number of carbonyl (C=O) groups excluding carboxylic acids is 8. The van der Waals surface area contributed by atoms with Crippen LogP contribution in [-0.2, 0) is 75.3 Å². The number of amides is 8. The number of carboxylic acid groups (broad SMARTS) is 1. The van der Waals surface area contributed by atoms with Crippen molar-refractivity contribution in [3.05, 3.63) is 261 Å². The van der Waals surface area contributed by atoms with E-state index in [1.165, 1.54) is 58.0 Å². The number of benzene rings is 8. The van der Waals surface area contributed by atoms with Gasteiger partial charge < -0.3 is 81.6 Å². The van der Waals surface area contributed by atoms with Crippen LogP contribution in [0.2, 0.25) is 0 Å². The predicted octanol–water partition coefficient (Wildman–Crippen LogP) is 13.7. The molecule has 7 N–H and O–H groups in total. The number of nitrogens with zero attached hydrogens (tertiary/aromatic N) is 15. The van der Waals surface area contributed by atoms with Crippen LogP contribution in [0.15, 0.2) is 216 Å². The maximum absolute atomic E-state index is 13.3. The van der Waals surface area contributed by atoms with Gasteiger partial charge in [-0.05, 0) is 208 Å². The fraction of sp³-hybridized carbons (Fsp3) is 0.304. The lowest BCUT2D eigenvalue weighted by Crippen LogP contribution is -2.41. The first kappa shape index (κ1) is 106. The van der Waals surface area contributed by atoms with E-state index in [4.69, 9.17) is 29.0 Å². The number of rotatable bonds is 27. The van der Waals surface area contributed by atoms with E-state index < -0.39 is 78.2 Å². The smallest absolute Gasteiger partial charge is 0.416 e. The van der Waals surface area contributed by atoms with Gasteiger partial charge in [-0.25, -0.2) is 28.7 Å². The fourth-order valence-electron chi connectivity index (χ4n) is 17.5. The van der Waals surface area contributed by atoms with Crippen molar-refractivity contribution in [1.82, 2.24) is 52.2 Å². The Balaban J connectivity index is 0.000000142. The third-order valence-electron chi connectivity index (χ3n) is 24.9. The van der Waals surface area contributed by atoms with Gasteiger partial charge in [-0.15, -0.1) is 0 Å². The van der Waals surface area contributed by atoms with Crippen LogP contribution in [0.25, 0.3) is 66.4 Å². The summed E-state index contributed by atoms with van der Waals surface area (Å²) in [5, 5.41) is 38.8. The van der Waals surface area contributed by atoms with Crippen LogP contribution >= 0.6 is 0 Å². The number of piperidine rings is 1. The van der Waals surface area contributed by atoms with E-state index in [1.807, 2.05) is 28.8 Å². The molecular weight excluding hydrogens is 1970 g/mol. The van der Waals surface area contributed by atoms with Crippen molar-refractivity contribution in [2.24, 2.45) is 0 Å². The lowest BCUT2D eigenvalue weighted by Gasteiger charge is -2.31. The molecule has 19 rings (SSSR count). The van der Waals surface area contributed by atoms with Gasteiger partial charge in [-0.1, -0.05) is 42.5 Å². The number of halogens is 10. The number of aromatic nitrogens is 10. The van der Waals surface area contributed by atoms with E-state index in [-0.39, 0.29) is 128 Å². The minimum Gasteiger partial charge on any atom is -0.481 e. The van der Waals surface area contributed by atoms with Gasteiger partial charge in [0.15, 0.2) is 0 Å². The molecule has 8 aromatic carbocycles. The maximum Gasteiger partial charge on any atom is 0.416 e. The van der Waals surface area contributed by atoms with Crippen molar-refractivity contribution < 1.29 is 121 Å². The van der Waals surface area contributed by atoms with E-state index in [0.717, 1.165) is 85.4 Å². The normalized spacial score (nSPS) is 15.0. The molecule has 6 aromatic heterocycles. The number of ether oxygens (including phenoxy) is 4. The molecule has 47 heteroatoms. The van der Waals surface area contributed by atoms with Crippen LogP contribution in [0, 0.1) is 0 Å². The van der Waals surface area contributed by atoms with E-state index in [2.05, 4.69) is 48.2 Å². The van der Waals surface area contributed by atoms with Crippen molar-refractivity contribution in [2.45, 2.75) is 89.7 Å². The number of anilines is 8. The van der Waals surface area contributed by atoms with Gasteiger partial charge in [-0.2, -0.15) is 35.1 Å². The zero-order chi connectivity index (χ0) is 106. The number of aliphatic hydroxyl groups excluding tert-OH is 2. The molecular formula is C102H97F10N19O18. The minimum absolute atomic E-state index is 0.00395. The standard InChI is InChI=1S/C28H26F3N5O5.C27H25F2N5O5.C25H27F2N5O3.C22H19F3N4O5/c29-28(30,31)17-34-9-7-19(14-24(34)38)18-3-1-4-20(13-18)26(40)33-27-32-22-15-21(35-10-12-41-16-25(35)39)5-6-23(22)36(27)8-2-11-37;28-26(29)34-9-7-18(14-23(34)36)17-3-1-4-19(13-17)25(38)31-27-30-21-15-20(32-10-12-39-16-24(32)37)5-6-22(21)33(27)8-2-11-35;1-30-9-7-18(8-10-30)32-21-6-5-19(31-11-12-35-15-22(31)33)14-20(21)28-25(32)29-24(34)17-4-2-3-16(13-17)23(26)27;23-22(24,25)14-3-1-2-13(10-14)20(33)27-21-26-16-11-15(28-8-9-34-12-18(28)30)4-5-17(16)29(21)7-6-19(31)32/h1,3-7,9,13-15,37H,2,8,10-12,16-17H2,(H,32,33,40);1,3-7,9,13-15,26,35H,2,8,10-12,16H2,(H,30,31,38);2-6,13-14,18,23H,7-12,15H2,1H3,(H,28,29,34);1-5,10-11H,6-9,12H2,(H,31,32)(H,26,27,33). The van der Waals surface area contributed by atoms with E-state index in [9.17, 15) is 107 Å². The molecule has 0 unspecified atom stereocenters. The highest BCUT2D eigenvalue weighted by molar-refractivity contribution is 6.09. The first-order valence-corrected chi connectivity index (χ1v) is 47.0. The lowest BCUT2D eigenvalue weighted by molar-refractivity contribution is -0.141. The minimum atomic E-state index is -4.61. The first-order valence-electron chi connectivity index (χ1n) is 47.0. The summed E-state index contributed by atoms with van der Waals surface area (Å²) in [6.07, 6.45) is -7.39. The maximum atomic E-state index is 13.3. The number of likely N-dealkylation sites (tertiary alicyclic amines) is 1. The molecule has 5 aliphatic rings. The van der Waals surface area contributed by atoms with Gasteiger partial charge in [0.2, 0.25) is 23.8 Å². The van der Waals surface area contributed by atoms with Gasteiger partial charge in [0.05, 0.1) is 82.5 Å². The largest absolute Gasteiger partial charge is 0.481 e. The Morgan fingerprint density at radius 1 is 0.416 bits per heavy atom. The van der Waals surface area contributed by atoms with E-state index in [0.29, 0.717) is 166 Å². The summed E-state index contributed by atoms with van der Waals surface area (Å²) >= 11 is 0. The molecule has 149 heavy (non-hydrogen) atoms. The Hall–Kier alpha value is -16.2. The second-order valence-corrected chi connectivity index (χ2v) is 34.9. The number of imidazole rings is 4. The van der Waals surface area contributed by atoms with Crippen molar-refractivity contribution in [1.29, 1.82) is 0 Å². The molecule has 0 radical (unpaired) electrons. The Bertz CT molecular complexity index is 7520. The highest BCUT2D eigenvalue weighted by Gasteiger charge is 2.35. The summed E-state index contributed by atoms with van der Waals surface area (Å²) in [7, 11) is 2.08. The number of nitrogens with one attached hydrogen (secondary N) is 4. The van der Waals surface area contributed by atoms with Crippen LogP contribution in [-0.4, -0.2) is 239 Å². The molecule has 5 saturated heterocycles. The monoisotopic (exact) mass is 2070 g/mol. The van der Waals surface area contributed by atoms with Gasteiger partial charge in [0.1, 0.15) is 33.0 Å². The summed E-state index contributed by atoms with van der Waals surface area (Å²) < 4.78 is 158. The Morgan fingerprint density at radius 2 is 0.785 bits per heavy atom. The predicted molar refractivity (Wildman–Crippen MR) is 527 cm³/mol. The van der Waals surface area contributed by atoms with Crippen molar-refractivity contribution in [3.63, 3.8) is 0 Å². The van der Waals surface area contributed by atoms with E-state index >= 15 is 0 Å². The topological polar surface area (TPSA) is 431 Å². The number of carbonyl (C=O) groups is 9. The molecule has 0 saturated carbocycles. The number of aliphatic carboxylic acids is 1. The van der Waals surface area contributed by atoms with Gasteiger partial charge >= 0.3 is 24.9 Å². The number of pyridine rings is 2. The Labute approximate surface area is 839 Å². The number of hydrogen-bond donors (Lipinski definition) is 7. The van der Waals surface area contributed by atoms with Crippen molar-refractivity contribution >= 4 is 144 Å². The molecule has 5 aliphatic heterocycles. The van der Waals surface area contributed by atoms with Crippen LogP contribution in [0.5, 0.6) is 0 Å². The molecule has 5 fully saturated rings. The Kier molecular flexibility index (Phi) is 33.1. The molecule has 0 aliphatic carbocycles. The third-order valence-corrected chi connectivity index (χ3v) is 24.9. The molecule has 778 valence electrons. The van der Waals surface area contributed by atoms with Crippen LogP contribution in [0.3, 0.4) is 0 Å². The number of morpholine rings is 4. The number of aliphatic hydroxyl groups is 2. The lowest BCUT2D eigenvalue weighted by atomic mass is 10.0. The number of fused-ring (bicyclic) bond motifs is 4. The summed E-state index contributed by atoms with van der Waals surface area (Å²) in [5.74, 6) is -3.19. The Morgan fingerprint density at radius 3 is 1.17 bits per heavy atom. The molecule has 8 amide bonds. The summed E-state index contributed by atoms with van der Waals surface area (Å²) in [4.78, 5) is 164. The van der Waals surface area contributed by atoms with Crippen molar-refractivity contribution in [3.8, 4) is 22.3 Å². The molecule has 11 heterocycles. The molecule has 0 bridgehead atoms. The summed E-state index contributed by atoms with van der Waals surface area (Å²) in [6.45, 7) is 1.40. The van der Waals surface area contributed by atoms with Crippen LogP contribution in [0.1, 0.15) is 104 Å². The molecule has 0 atom stereocenters. The summed E-state index contributed by atoms with van der Waals surface area (Å²) in [5.41, 5.74) is 6.81. The number of hydrogen-bond acceptors (Lipinski definition) is 22. The van der Waals surface area contributed by atoms with Gasteiger partial charge in [0, 0.05) is 140 Å². The molecule has 14 aromatic rings. The van der Waals surface area contributed by atoms with Crippen LogP contribution < -0.4 is 52.0 Å². The van der Waals surface area contributed by atoms with Crippen LogP contribution in [0.4, 0.5) is 90.4 Å². The average Bonchev–Trinajstić information content (AvgIpc) is 1.62. The number of aryl methyl sites for hydroxylation is 3. The highest BCUT2D eigenvalue weighted by Crippen LogP contribution is 2.38. The highest BCUT2D eigenvalue weighted by atomic mass is 19.4. The summed E-state index contributed by atoms with van der Waals surface area (Å²) in [6, 6.07) is 48.5. The number of carboxylic acids is 1. The SMILES string of the molecule is CN1CCC(n2c(NC(=O)c3cccc(C(F)F)c3)nc3cc(N4CCOCC4=O)ccc32)CC1.O=C(Nc1nc2cc(N3CCOCC3=O)ccc2n1CCCO)c1cccc(-c2ccn(C(F)F)c(=O)c2)c1.O=C(Nc1nc2cc(N3CCOCC3=O)ccc2n1CCCO)c1cccc(-c2ccn(CC(F)(F)F)c(=O)c2)c1.O=C(O)CCn1c(NC(=O)c2cccc(C(F)(F)F)c2)nc2cc(N3CCOCC3=O)ccc21. The second kappa shape index (κ2) is 46.7. The first-order chi connectivity index (χ1) is 71.5. The number of alkyl halides is 10. The average molecular weight is 2070 g/mol. The third kappa shape index (κ3) is 25.4. The molecule has 0 spiro atoms. The van der Waals surface area contributed by atoms with Crippen molar-refractivity contribution in [2.75, 3.05) is 153 Å². The fourth-order valence-corrected chi connectivity index (χ4v) is 17.5. The quantitative estimate of drug-likeness (QED) is 0.0235.